The Labute approximate surface area is 131 Å². The number of rotatable bonds is 6. The summed E-state index contributed by atoms with van der Waals surface area (Å²) >= 11 is 1.81. The predicted molar refractivity (Wildman–Crippen MR) is 91.0 cm³/mol. The van der Waals surface area contributed by atoms with E-state index < -0.39 is 0 Å². The lowest BCUT2D eigenvalue weighted by molar-refractivity contribution is 0.413. The lowest BCUT2D eigenvalue weighted by Gasteiger charge is -2.23. The zero-order chi connectivity index (χ0) is 15.2. The fraction of sp³-hybridized carbons (Fsp3) is 0.333. The van der Waals surface area contributed by atoms with Gasteiger partial charge in [-0.1, -0.05) is 42.8 Å². The van der Waals surface area contributed by atoms with Crippen molar-refractivity contribution in [2.24, 2.45) is 5.73 Å². The highest BCUT2D eigenvalue weighted by molar-refractivity contribution is 7.99. The van der Waals surface area contributed by atoms with Gasteiger partial charge < -0.3 is 10.5 Å². The van der Waals surface area contributed by atoms with E-state index in [9.17, 15) is 0 Å². The van der Waals surface area contributed by atoms with E-state index in [2.05, 4.69) is 50.2 Å². The first-order valence-electron chi connectivity index (χ1n) is 7.27. The fourth-order valence-corrected chi connectivity index (χ4v) is 3.57. The molecular weight excluding hydrogens is 278 g/mol. The normalized spacial score (nSPS) is 13.7. The molecule has 0 fully saturated rings. The molecule has 2 N–H and O–H groups in total. The van der Waals surface area contributed by atoms with Gasteiger partial charge in [0.05, 0.1) is 7.11 Å². The van der Waals surface area contributed by atoms with Gasteiger partial charge in [-0.25, -0.2) is 0 Å². The van der Waals surface area contributed by atoms with Crippen LogP contribution in [0.3, 0.4) is 0 Å². The molecule has 0 heterocycles. The maximum absolute atomic E-state index is 6.37. The third-order valence-corrected chi connectivity index (χ3v) is 4.94. The Kier molecular flexibility index (Phi) is 5.71. The molecule has 2 rings (SSSR count). The smallest absolute Gasteiger partial charge is 0.119 e. The number of nitrogens with two attached hydrogens (primary N) is 1. The third-order valence-electron chi connectivity index (χ3n) is 3.54. The van der Waals surface area contributed by atoms with Crippen LogP contribution in [0.4, 0.5) is 0 Å². The number of aryl methyl sites for hydroxylation is 1. The van der Waals surface area contributed by atoms with Crippen LogP contribution >= 0.6 is 11.8 Å². The lowest BCUT2D eigenvalue weighted by Crippen LogP contribution is -2.25. The van der Waals surface area contributed by atoms with Crippen molar-refractivity contribution in [3.8, 4) is 5.75 Å². The molecule has 0 aliphatic rings. The second-order valence-electron chi connectivity index (χ2n) is 5.20. The molecule has 0 bridgehead atoms. The molecule has 2 aromatic carbocycles. The van der Waals surface area contributed by atoms with Crippen LogP contribution in [0.25, 0.3) is 0 Å². The maximum atomic E-state index is 6.37. The van der Waals surface area contributed by atoms with Gasteiger partial charge in [0.15, 0.2) is 0 Å². The van der Waals surface area contributed by atoms with Crippen molar-refractivity contribution in [2.45, 2.75) is 36.5 Å². The molecule has 112 valence electrons. The molecule has 0 amide bonds. The van der Waals surface area contributed by atoms with Crippen molar-refractivity contribution in [2.75, 3.05) is 7.11 Å². The second-order valence-corrected chi connectivity index (χ2v) is 6.42. The third kappa shape index (κ3) is 4.26. The van der Waals surface area contributed by atoms with Gasteiger partial charge in [-0.15, -0.1) is 11.8 Å². The highest BCUT2D eigenvalue weighted by atomic mass is 32.2. The molecule has 0 aliphatic heterocycles. The van der Waals surface area contributed by atoms with Crippen LogP contribution in [0.5, 0.6) is 5.75 Å². The van der Waals surface area contributed by atoms with Crippen LogP contribution in [-0.4, -0.2) is 13.2 Å². The Hall–Kier alpha value is -1.45. The Morgan fingerprint density at radius 2 is 1.90 bits per heavy atom. The van der Waals surface area contributed by atoms with E-state index in [4.69, 9.17) is 10.5 Å². The molecule has 21 heavy (non-hydrogen) atoms. The largest absolute Gasteiger partial charge is 0.497 e. The molecule has 0 saturated carbocycles. The average molecular weight is 301 g/mol. The highest BCUT2D eigenvalue weighted by Crippen LogP contribution is 2.39. The Balaban J connectivity index is 2.28. The van der Waals surface area contributed by atoms with Gasteiger partial charge >= 0.3 is 0 Å². The number of hydrogen-bond donors (Lipinski definition) is 1. The Morgan fingerprint density at radius 3 is 2.57 bits per heavy atom. The van der Waals surface area contributed by atoms with Crippen molar-refractivity contribution in [3.63, 3.8) is 0 Å². The lowest BCUT2D eigenvalue weighted by atomic mass is 10.0. The minimum Gasteiger partial charge on any atom is -0.497 e. The summed E-state index contributed by atoms with van der Waals surface area (Å²) in [7, 11) is 1.69. The van der Waals surface area contributed by atoms with Crippen LogP contribution in [0.15, 0.2) is 53.4 Å². The molecule has 3 heteroatoms. The van der Waals surface area contributed by atoms with Gasteiger partial charge in [0.25, 0.3) is 0 Å². The van der Waals surface area contributed by atoms with Gasteiger partial charge in [-0.05, 0) is 37.1 Å². The van der Waals surface area contributed by atoms with E-state index in [1.165, 1.54) is 16.0 Å². The molecule has 0 spiro atoms. The zero-order valence-corrected chi connectivity index (χ0v) is 13.7. The predicted octanol–water partition coefficient (Wildman–Crippen LogP) is 4.57. The van der Waals surface area contributed by atoms with Crippen molar-refractivity contribution in [3.05, 3.63) is 59.7 Å². The maximum Gasteiger partial charge on any atom is 0.119 e. The monoisotopic (exact) mass is 301 g/mol. The van der Waals surface area contributed by atoms with Crippen molar-refractivity contribution < 1.29 is 4.74 Å². The van der Waals surface area contributed by atoms with Gasteiger partial charge in [0.1, 0.15) is 5.75 Å². The van der Waals surface area contributed by atoms with E-state index in [0.717, 1.165) is 12.2 Å². The molecule has 0 aliphatic carbocycles. The molecule has 2 atom stereocenters. The van der Waals surface area contributed by atoms with Gasteiger partial charge in [0, 0.05) is 16.2 Å². The number of benzene rings is 2. The SMILES string of the molecule is CCC(N)C(Sc1cccc(OC)c1)c1cccc(C)c1. The summed E-state index contributed by atoms with van der Waals surface area (Å²) in [6.07, 6.45) is 0.954. The molecule has 0 aromatic heterocycles. The molecule has 0 saturated heterocycles. The van der Waals surface area contributed by atoms with Crippen molar-refractivity contribution in [1.29, 1.82) is 0 Å². The number of thioether (sulfide) groups is 1. The zero-order valence-electron chi connectivity index (χ0n) is 12.9. The molecule has 0 radical (unpaired) electrons. The minimum atomic E-state index is 0.128. The van der Waals surface area contributed by atoms with Crippen LogP contribution in [0.1, 0.15) is 29.7 Å². The van der Waals surface area contributed by atoms with Gasteiger partial charge in [0.2, 0.25) is 0 Å². The van der Waals surface area contributed by atoms with E-state index in [0.29, 0.717) is 0 Å². The van der Waals surface area contributed by atoms with Crippen LogP contribution in [-0.2, 0) is 0 Å². The summed E-state index contributed by atoms with van der Waals surface area (Å²) in [5.74, 6) is 0.882. The quantitative estimate of drug-likeness (QED) is 0.794. The summed E-state index contributed by atoms with van der Waals surface area (Å²) in [6, 6.07) is 16.9. The average Bonchev–Trinajstić information content (AvgIpc) is 2.52. The fourth-order valence-electron chi connectivity index (χ4n) is 2.28. The number of ether oxygens (including phenoxy) is 1. The molecule has 2 aromatic rings. The second kappa shape index (κ2) is 7.53. The van der Waals surface area contributed by atoms with Crippen LogP contribution in [0, 0.1) is 6.92 Å². The number of hydrogen-bond acceptors (Lipinski definition) is 3. The first kappa shape index (κ1) is 15.9. The first-order valence-corrected chi connectivity index (χ1v) is 8.15. The van der Waals surface area contributed by atoms with E-state index in [1.54, 1.807) is 7.11 Å². The van der Waals surface area contributed by atoms with E-state index >= 15 is 0 Å². The molecule has 2 nitrogen and oxygen atoms in total. The summed E-state index contributed by atoms with van der Waals surface area (Å²) in [4.78, 5) is 1.18. The summed E-state index contributed by atoms with van der Waals surface area (Å²) in [6.45, 7) is 4.26. The standard InChI is InChI=1S/C18H23NOS/c1-4-17(19)18(14-8-5-7-13(2)11-14)21-16-10-6-9-15(12-16)20-3/h5-12,17-18H,4,19H2,1-3H3. The molecule has 2 unspecified atom stereocenters. The summed E-state index contributed by atoms with van der Waals surface area (Å²) in [5, 5.41) is 0.252. The Bertz CT molecular complexity index is 585. The topological polar surface area (TPSA) is 35.2 Å². The number of methoxy groups -OCH3 is 1. The van der Waals surface area contributed by atoms with Gasteiger partial charge in [-0.3, -0.25) is 0 Å². The minimum absolute atomic E-state index is 0.128. The van der Waals surface area contributed by atoms with E-state index in [-0.39, 0.29) is 11.3 Å². The van der Waals surface area contributed by atoms with Crippen molar-refractivity contribution in [1.82, 2.24) is 0 Å². The summed E-state index contributed by atoms with van der Waals surface area (Å²) in [5.41, 5.74) is 8.93. The first-order chi connectivity index (χ1) is 10.1. The Morgan fingerprint density at radius 1 is 1.14 bits per heavy atom. The van der Waals surface area contributed by atoms with E-state index in [1.807, 2.05) is 23.9 Å². The van der Waals surface area contributed by atoms with Crippen LogP contribution < -0.4 is 10.5 Å². The van der Waals surface area contributed by atoms with Crippen LogP contribution in [0.2, 0.25) is 0 Å². The van der Waals surface area contributed by atoms with Gasteiger partial charge in [-0.2, -0.15) is 0 Å². The highest BCUT2D eigenvalue weighted by Gasteiger charge is 2.20. The molecular formula is C18H23NOS. The summed E-state index contributed by atoms with van der Waals surface area (Å²) < 4.78 is 5.30. The van der Waals surface area contributed by atoms with Crippen molar-refractivity contribution >= 4 is 11.8 Å².